The Morgan fingerprint density at radius 3 is 2.79 bits per heavy atom. The second kappa shape index (κ2) is 8.16. The van der Waals surface area contributed by atoms with E-state index in [2.05, 4.69) is 16.3 Å². The van der Waals surface area contributed by atoms with Crippen LogP contribution in [0, 0.1) is 0 Å². The topological polar surface area (TPSA) is 77.7 Å². The number of amides is 1. The highest BCUT2D eigenvalue weighted by molar-refractivity contribution is 8.00. The fourth-order valence-electron chi connectivity index (χ4n) is 3.33. The molecular weight excluding hydrogens is 390 g/mol. The Labute approximate surface area is 173 Å². The molecule has 1 aromatic heterocycles. The Hall–Kier alpha value is -3.00. The number of para-hydroxylation sites is 1. The molecule has 0 N–H and O–H groups in total. The second-order valence-electron chi connectivity index (χ2n) is 6.57. The molecule has 1 amide bonds. The van der Waals surface area contributed by atoms with Crippen LogP contribution in [-0.2, 0) is 11.2 Å². The number of hydrogen-bond donors (Lipinski definition) is 0. The quantitative estimate of drug-likeness (QED) is 0.571. The molecule has 0 saturated carbocycles. The van der Waals surface area contributed by atoms with Crippen molar-refractivity contribution in [3.8, 4) is 23.0 Å². The summed E-state index contributed by atoms with van der Waals surface area (Å²) in [5.74, 6) is 1.60. The molecule has 29 heavy (non-hydrogen) atoms. The van der Waals surface area contributed by atoms with Gasteiger partial charge in [-0.15, -0.1) is 10.2 Å². The third-order valence-corrected chi connectivity index (χ3v) is 5.75. The van der Waals surface area contributed by atoms with Gasteiger partial charge in [0.05, 0.1) is 25.0 Å². The molecule has 0 fully saturated rings. The Morgan fingerprint density at radius 2 is 2.00 bits per heavy atom. The molecule has 1 atom stereocenters. The molecule has 0 aliphatic carbocycles. The molecule has 4 rings (SSSR count). The number of nitrogens with zero attached hydrogens (tertiary/aromatic N) is 3. The van der Waals surface area contributed by atoms with Gasteiger partial charge in [0.2, 0.25) is 5.91 Å². The summed E-state index contributed by atoms with van der Waals surface area (Å²) in [6, 6.07) is 13.4. The van der Waals surface area contributed by atoms with Gasteiger partial charge in [-0.2, -0.15) is 0 Å². The Bertz CT molecular complexity index is 1040. The van der Waals surface area contributed by atoms with Crippen LogP contribution in [0.15, 0.2) is 52.1 Å². The number of rotatable bonds is 6. The van der Waals surface area contributed by atoms with Crippen molar-refractivity contribution in [2.75, 3.05) is 25.7 Å². The number of aromatic nitrogens is 2. The van der Waals surface area contributed by atoms with E-state index in [1.54, 1.807) is 32.4 Å². The van der Waals surface area contributed by atoms with Crippen molar-refractivity contribution in [1.29, 1.82) is 0 Å². The third kappa shape index (κ3) is 3.80. The number of carbonyl (C=O) groups excluding carboxylic acids is 1. The number of methoxy groups -OCH3 is 2. The number of hydrogen-bond acceptors (Lipinski definition) is 7. The van der Waals surface area contributed by atoms with Gasteiger partial charge in [-0.25, -0.2) is 0 Å². The summed E-state index contributed by atoms with van der Waals surface area (Å²) in [6.45, 7) is 2.55. The van der Waals surface area contributed by atoms with Gasteiger partial charge in [0, 0.05) is 18.3 Å². The molecule has 0 spiro atoms. The fourth-order valence-corrected chi connectivity index (χ4v) is 4.08. The Morgan fingerprint density at radius 1 is 1.17 bits per heavy atom. The molecule has 1 aliphatic heterocycles. The van der Waals surface area contributed by atoms with E-state index in [-0.39, 0.29) is 11.2 Å². The summed E-state index contributed by atoms with van der Waals surface area (Å²) in [4.78, 5) is 14.8. The van der Waals surface area contributed by atoms with Crippen molar-refractivity contribution in [3.05, 3.63) is 48.0 Å². The first kappa shape index (κ1) is 19.3. The van der Waals surface area contributed by atoms with Crippen LogP contribution in [0.3, 0.4) is 0 Å². The van der Waals surface area contributed by atoms with Crippen molar-refractivity contribution in [1.82, 2.24) is 10.2 Å². The lowest BCUT2D eigenvalue weighted by Crippen LogP contribution is -2.35. The minimum atomic E-state index is -0.354. The first-order chi connectivity index (χ1) is 14.1. The van der Waals surface area contributed by atoms with E-state index in [1.807, 2.05) is 30.0 Å². The van der Waals surface area contributed by atoms with Crippen LogP contribution in [0.5, 0.6) is 11.5 Å². The smallest absolute Gasteiger partial charge is 0.277 e. The average Bonchev–Trinajstić information content (AvgIpc) is 3.39. The third-order valence-electron chi connectivity index (χ3n) is 4.82. The van der Waals surface area contributed by atoms with Crippen molar-refractivity contribution >= 4 is 23.4 Å². The Kier molecular flexibility index (Phi) is 5.44. The van der Waals surface area contributed by atoms with Crippen molar-refractivity contribution in [2.24, 2.45) is 0 Å². The number of benzene rings is 2. The normalized spacial score (nSPS) is 13.8. The Balaban J connectivity index is 1.49. The van der Waals surface area contributed by atoms with Crippen LogP contribution in [0.25, 0.3) is 11.5 Å². The largest absolute Gasteiger partial charge is 0.497 e. The van der Waals surface area contributed by atoms with Crippen LogP contribution in [0.1, 0.15) is 12.5 Å². The maximum Gasteiger partial charge on any atom is 0.277 e. The number of thioether (sulfide) groups is 1. The zero-order chi connectivity index (χ0) is 20.4. The second-order valence-corrected chi connectivity index (χ2v) is 7.86. The van der Waals surface area contributed by atoms with E-state index in [0.29, 0.717) is 34.7 Å². The molecule has 0 saturated heterocycles. The van der Waals surface area contributed by atoms with Gasteiger partial charge in [0.15, 0.2) is 0 Å². The summed E-state index contributed by atoms with van der Waals surface area (Å²) in [7, 11) is 3.16. The van der Waals surface area contributed by atoms with E-state index in [4.69, 9.17) is 13.9 Å². The highest BCUT2D eigenvalue weighted by atomic mass is 32.2. The van der Waals surface area contributed by atoms with Gasteiger partial charge in [-0.05, 0) is 37.1 Å². The fraction of sp³-hybridized carbons (Fsp3) is 0.286. The molecule has 150 valence electrons. The molecule has 1 aliphatic rings. The van der Waals surface area contributed by atoms with Gasteiger partial charge >= 0.3 is 0 Å². The lowest BCUT2D eigenvalue weighted by molar-refractivity contribution is -0.117. The number of carbonyl (C=O) groups is 1. The highest BCUT2D eigenvalue weighted by Gasteiger charge is 2.29. The zero-order valence-electron chi connectivity index (χ0n) is 16.4. The SMILES string of the molecule is COc1ccc(-c2nnc(S[C@@H](C)C(=O)N3CCc4ccccc43)o2)c(OC)c1. The van der Waals surface area contributed by atoms with Crippen LogP contribution in [0.2, 0.25) is 0 Å². The minimum absolute atomic E-state index is 0.0294. The molecule has 2 heterocycles. The maximum atomic E-state index is 12.9. The van der Waals surface area contributed by atoms with E-state index in [1.165, 1.54) is 17.3 Å². The van der Waals surface area contributed by atoms with Crippen molar-refractivity contribution < 1.29 is 18.7 Å². The summed E-state index contributed by atoms with van der Waals surface area (Å²) in [5.41, 5.74) is 2.85. The van der Waals surface area contributed by atoms with E-state index in [9.17, 15) is 4.79 Å². The van der Waals surface area contributed by atoms with Gasteiger partial charge in [0.25, 0.3) is 11.1 Å². The lowest BCUT2D eigenvalue weighted by Gasteiger charge is -2.20. The van der Waals surface area contributed by atoms with Crippen LogP contribution in [0.4, 0.5) is 5.69 Å². The van der Waals surface area contributed by atoms with Crippen LogP contribution in [-0.4, -0.2) is 42.1 Å². The maximum absolute atomic E-state index is 12.9. The van der Waals surface area contributed by atoms with Crippen LogP contribution < -0.4 is 14.4 Å². The summed E-state index contributed by atoms with van der Waals surface area (Å²) < 4.78 is 16.4. The molecule has 3 aromatic rings. The van der Waals surface area contributed by atoms with Gasteiger partial charge in [-0.1, -0.05) is 30.0 Å². The molecule has 2 aromatic carbocycles. The molecule has 0 unspecified atom stereocenters. The molecule has 0 radical (unpaired) electrons. The van der Waals surface area contributed by atoms with Crippen molar-refractivity contribution in [2.45, 2.75) is 23.8 Å². The lowest BCUT2D eigenvalue weighted by atomic mass is 10.2. The summed E-state index contributed by atoms with van der Waals surface area (Å²) >= 11 is 1.25. The van der Waals surface area contributed by atoms with Crippen LogP contribution >= 0.6 is 11.8 Å². The first-order valence-corrected chi connectivity index (χ1v) is 10.1. The average molecular weight is 411 g/mol. The predicted octanol–water partition coefficient (Wildman–Crippen LogP) is 3.82. The predicted molar refractivity (Wildman–Crippen MR) is 111 cm³/mol. The van der Waals surface area contributed by atoms with Gasteiger partial charge in [0.1, 0.15) is 11.5 Å². The molecular formula is C21H21N3O4S. The molecule has 7 nitrogen and oxygen atoms in total. The van der Waals surface area contributed by atoms with Crippen molar-refractivity contribution in [3.63, 3.8) is 0 Å². The van der Waals surface area contributed by atoms with E-state index < -0.39 is 0 Å². The first-order valence-electron chi connectivity index (χ1n) is 9.22. The number of fused-ring (bicyclic) bond motifs is 1. The standard InChI is InChI=1S/C21H21N3O4S/c1-13(20(25)24-11-10-14-6-4-5-7-17(14)24)29-21-23-22-19(28-21)16-9-8-15(26-2)12-18(16)27-3/h4-9,12-13H,10-11H2,1-3H3/t13-/m0/s1. The highest BCUT2D eigenvalue weighted by Crippen LogP contribution is 2.35. The molecule has 0 bridgehead atoms. The summed E-state index contributed by atoms with van der Waals surface area (Å²) in [5, 5.41) is 8.19. The number of ether oxygens (including phenoxy) is 2. The minimum Gasteiger partial charge on any atom is -0.497 e. The van der Waals surface area contributed by atoms with Gasteiger partial charge in [-0.3, -0.25) is 4.79 Å². The molecule has 8 heteroatoms. The van der Waals surface area contributed by atoms with E-state index >= 15 is 0 Å². The van der Waals surface area contributed by atoms with E-state index in [0.717, 1.165) is 12.1 Å². The number of anilines is 1. The zero-order valence-corrected chi connectivity index (χ0v) is 17.2. The summed E-state index contributed by atoms with van der Waals surface area (Å²) in [6.07, 6.45) is 0.876. The van der Waals surface area contributed by atoms with Gasteiger partial charge < -0.3 is 18.8 Å². The monoisotopic (exact) mass is 411 g/mol.